The van der Waals surface area contributed by atoms with E-state index in [1.165, 1.54) is 146 Å². The lowest BCUT2D eigenvalue weighted by Crippen LogP contribution is -2.24. The van der Waals surface area contributed by atoms with Gasteiger partial charge in [0.2, 0.25) is 41.4 Å². The summed E-state index contributed by atoms with van der Waals surface area (Å²) in [6.45, 7) is 9.79. The van der Waals surface area contributed by atoms with E-state index in [-0.39, 0.29) is 99.8 Å². The Labute approximate surface area is 421 Å². The number of phenols is 2. The summed E-state index contributed by atoms with van der Waals surface area (Å²) in [6.07, 6.45) is 0. The third kappa shape index (κ3) is 11.7. The normalized spacial score (nSPS) is 11.7. The topological polar surface area (TPSA) is 264 Å². The average Bonchev–Trinajstić information content (AvgIpc) is 3.38. The van der Waals surface area contributed by atoms with Crippen LogP contribution in [-0.2, 0) is 29.5 Å². The van der Waals surface area contributed by atoms with Crippen molar-refractivity contribution >= 4 is 41.4 Å². The van der Waals surface area contributed by atoms with Gasteiger partial charge in [-0.1, -0.05) is 0 Å². The van der Waals surface area contributed by atoms with Crippen LogP contribution in [0, 0.1) is 0 Å². The van der Waals surface area contributed by atoms with Gasteiger partial charge in [-0.25, -0.2) is 25.3 Å². The van der Waals surface area contributed by atoms with Crippen LogP contribution in [0.3, 0.4) is 0 Å². The van der Waals surface area contributed by atoms with E-state index in [4.69, 9.17) is 18.9 Å². The van der Waals surface area contributed by atoms with Crippen molar-refractivity contribution in [1.29, 1.82) is 0 Å². The van der Waals surface area contributed by atoms with E-state index in [0.29, 0.717) is 26.2 Å². The Kier molecular flexibility index (Phi) is 15.0. The number of rotatable bonds is 20. The molecule has 6 aromatic carbocycles. The van der Waals surface area contributed by atoms with Crippen molar-refractivity contribution in [3.05, 3.63) is 146 Å². The molecular weight excluding hydrogens is 1000 g/mol. The van der Waals surface area contributed by atoms with Gasteiger partial charge in [0.25, 0.3) is 0 Å². The first-order valence-electron chi connectivity index (χ1n) is 22.5. The molecule has 0 spiro atoms. The summed E-state index contributed by atoms with van der Waals surface area (Å²) in [5.41, 5.74) is 0. The SMILES string of the molecule is CCN(CC)c1nc(Oc2ccc(S(=O)(=O)c3ccc(O)cc3)cc2)nc(Oc2ccc(S(=O)(=O)c3ccc(Oc4nc(Oc5ccc(S(=O)(=O)c6ccc(O)cc6)cc5)nc(N(CC)CC)n4)cc3)cc2)n1. The molecule has 0 saturated heterocycles. The van der Waals surface area contributed by atoms with E-state index < -0.39 is 29.5 Å². The standard InChI is InChI=1S/C50H46N8O12S3/c1-5-57(6-2)45-51-47(67-35-13-25-41(26-14-35)71(61,62)39-21-9-33(59)10-22-39)55-49(53-45)69-37-17-29-43(30-18-37)73(65,66)44-31-19-38(20-32-44)70-50-54-46(58(7-3)8-4)52-48(56-50)68-36-15-27-42(28-16-36)72(63,64)40-23-11-34(60)12-24-40/h9-32,59-60H,5-8H2,1-4H3. The molecule has 0 aliphatic rings. The molecule has 8 aromatic rings. The molecule has 2 aromatic heterocycles. The Bertz CT molecular complexity index is 3320. The molecule has 0 aliphatic heterocycles. The smallest absolute Gasteiger partial charge is 0.330 e. The van der Waals surface area contributed by atoms with Crippen LogP contribution >= 0.6 is 0 Å². The third-order valence-corrected chi connectivity index (χ3v) is 16.3. The fourth-order valence-electron chi connectivity index (χ4n) is 6.96. The molecular formula is C50H46N8O12S3. The van der Waals surface area contributed by atoms with Gasteiger partial charge in [0.05, 0.1) is 29.4 Å². The average molecular weight is 1050 g/mol. The van der Waals surface area contributed by atoms with Crippen LogP contribution in [0.1, 0.15) is 27.7 Å². The zero-order valence-corrected chi connectivity index (χ0v) is 41.9. The first-order chi connectivity index (χ1) is 35.0. The number of phenolic OH excluding ortho intramolecular Hbond substituents is 2. The molecule has 2 N–H and O–H groups in total. The van der Waals surface area contributed by atoms with E-state index >= 15 is 0 Å². The van der Waals surface area contributed by atoms with E-state index in [1.807, 2.05) is 37.5 Å². The summed E-state index contributed by atoms with van der Waals surface area (Å²) in [5, 5.41) is 19.2. The second-order valence-corrected chi connectivity index (χ2v) is 21.4. The van der Waals surface area contributed by atoms with Crippen LogP contribution in [0.15, 0.2) is 175 Å². The number of ether oxygens (including phenoxy) is 4. The Morgan fingerprint density at radius 1 is 0.329 bits per heavy atom. The summed E-state index contributed by atoms with van der Waals surface area (Å²) < 4.78 is 104. The summed E-state index contributed by atoms with van der Waals surface area (Å²) in [5.74, 6) is 1.21. The predicted molar refractivity (Wildman–Crippen MR) is 265 cm³/mol. The van der Waals surface area contributed by atoms with Crippen LogP contribution in [-0.4, -0.2) is 91.5 Å². The Balaban J connectivity index is 0.955. The van der Waals surface area contributed by atoms with Crippen LogP contribution in [0.2, 0.25) is 0 Å². The number of aromatic hydroxyl groups is 2. The molecule has 0 fully saturated rings. The van der Waals surface area contributed by atoms with Crippen molar-refractivity contribution in [2.75, 3.05) is 36.0 Å². The van der Waals surface area contributed by atoms with Gasteiger partial charge in [-0.3, -0.25) is 0 Å². The number of anilines is 2. The molecule has 0 unspecified atom stereocenters. The summed E-state index contributed by atoms with van der Waals surface area (Å²) in [7, 11) is -11.8. The van der Waals surface area contributed by atoms with Crippen LogP contribution in [0.5, 0.6) is 58.5 Å². The van der Waals surface area contributed by atoms with E-state index in [2.05, 4.69) is 29.9 Å². The van der Waals surface area contributed by atoms with Crippen molar-refractivity contribution in [1.82, 2.24) is 29.9 Å². The number of hydrogen-bond acceptors (Lipinski definition) is 20. The predicted octanol–water partition coefficient (Wildman–Crippen LogP) is 8.83. The van der Waals surface area contributed by atoms with Crippen LogP contribution in [0.4, 0.5) is 11.9 Å². The minimum absolute atomic E-state index is 0.00228. The Morgan fingerprint density at radius 3 is 0.712 bits per heavy atom. The Morgan fingerprint density at radius 2 is 0.521 bits per heavy atom. The summed E-state index contributed by atoms with van der Waals surface area (Å²) >= 11 is 0. The van der Waals surface area contributed by atoms with Gasteiger partial charge in [-0.05, 0) is 173 Å². The molecule has 0 amide bonds. The number of benzene rings is 6. The molecule has 23 heteroatoms. The first kappa shape index (κ1) is 51.0. The molecule has 0 bridgehead atoms. The molecule has 0 atom stereocenters. The maximum atomic E-state index is 13.8. The minimum atomic E-state index is -4.05. The summed E-state index contributed by atoms with van der Waals surface area (Å²) in [6, 6.07) is 32.3. The van der Waals surface area contributed by atoms with Gasteiger partial charge in [0.1, 0.15) is 34.5 Å². The van der Waals surface area contributed by atoms with Crippen molar-refractivity contribution < 1.29 is 54.4 Å². The molecule has 73 heavy (non-hydrogen) atoms. The van der Waals surface area contributed by atoms with Crippen molar-refractivity contribution in [3.63, 3.8) is 0 Å². The number of sulfone groups is 3. The van der Waals surface area contributed by atoms with Gasteiger partial charge in [0.15, 0.2) is 0 Å². The maximum absolute atomic E-state index is 13.8. The highest BCUT2D eigenvalue weighted by Crippen LogP contribution is 2.32. The Hall–Kier alpha value is -8.41. The minimum Gasteiger partial charge on any atom is -0.508 e. The zero-order chi connectivity index (χ0) is 51.9. The lowest BCUT2D eigenvalue weighted by Gasteiger charge is -2.19. The number of hydrogen-bond donors (Lipinski definition) is 2. The van der Waals surface area contributed by atoms with Gasteiger partial charge in [0, 0.05) is 26.2 Å². The first-order valence-corrected chi connectivity index (χ1v) is 26.9. The highest BCUT2D eigenvalue weighted by atomic mass is 32.2. The van der Waals surface area contributed by atoms with E-state index in [9.17, 15) is 35.5 Å². The fraction of sp³-hybridized carbons (Fsp3) is 0.160. The number of aromatic nitrogens is 6. The van der Waals surface area contributed by atoms with Gasteiger partial charge >= 0.3 is 24.0 Å². The molecule has 0 saturated carbocycles. The second-order valence-electron chi connectivity index (χ2n) is 15.5. The molecule has 2 heterocycles. The summed E-state index contributed by atoms with van der Waals surface area (Å²) in [4.78, 5) is 30.0. The molecule has 0 aliphatic carbocycles. The van der Waals surface area contributed by atoms with E-state index in [0.717, 1.165) is 0 Å². The largest absolute Gasteiger partial charge is 0.508 e. The highest BCUT2D eigenvalue weighted by molar-refractivity contribution is 7.92. The van der Waals surface area contributed by atoms with E-state index in [1.54, 1.807) is 0 Å². The van der Waals surface area contributed by atoms with Gasteiger partial charge < -0.3 is 39.0 Å². The number of nitrogens with zero attached hydrogens (tertiary/aromatic N) is 8. The molecule has 0 radical (unpaired) electrons. The monoisotopic (exact) mass is 1050 g/mol. The fourth-order valence-corrected chi connectivity index (χ4v) is 10.7. The molecule has 8 rings (SSSR count). The van der Waals surface area contributed by atoms with Crippen LogP contribution in [0.25, 0.3) is 0 Å². The van der Waals surface area contributed by atoms with Gasteiger partial charge in [-0.15, -0.1) is 9.97 Å². The molecule has 376 valence electrons. The highest BCUT2D eigenvalue weighted by Gasteiger charge is 2.23. The lowest BCUT2D eigenvalue weighted by molar-refractivity contribution is 0.396. The maximum Gasteiger partial charge on any atom is 0.330 e. The molecule has 20 nitrogen and oxygen atoms in total. The van der Waals surface area contributed by atoms with Crippen LogP contribution < -0.4 is 28.7 Å². The van der Waals surface area contributed by atoms with Crippen molar-refractivity contribution in [3.8, 4) is 58.5 Å². The second kappa shape index (κ2) is 21.5. The quantitative estimate of drug-likeness (QED) is 0.0722. The third-order valence-electron chi connectivity index (χ3n) is 10.9. The van der Waals surface area contributed by atoms with Crippen molar-refractivity contribution in [2.45, 2.75) is 57.1 Å². The van der Waals surface area contributed by atoms with Crippen molar-refractivity contribution in [2.24, 2.45) is 0 Å². The zero-order valence-electron chi connectivity index (χ0n) is 39.5. The lowest BCUT2D eigenvalue weighted by atomic mass is 10.3. The van der Waals surface area contributed by atoms with Gasteiger partial charge in [-0.2, -0.15) is 19.9 Å².